The molecule has 0 saturated carbocycles. The summed E-state index contributed by atoms with van der Waals surface area (Å²) < 4.78 is 7.42. The van der Waals surface area contributed by atoms with E-state index in [1.54, 1.807) is 12.5 Å². The number of nitrogens with one attached hydrogen (secondary N) is 1. The molecular weight excluding hydrogens is 190 g/mol. The van der Waals surface area contributed by atoms with Crippen LogP contribution in [-0.4, -0.2) is 16.1 Å². The van der Waals surface area contributed by atoms with Crippen molar-refractivity contribution >= 4 is 0 Å². The van der Waals surface area contributed by atoms with Crippen LogP contribution in [0.1, 0.15) is 12.7 Å². The van der Waals surface area contributed by atoms with E-state index in [1.165, 1.54) is 0 Å². The van der Waals surface area contributed by atoms with Crippen molar-refractivity contribution in [2.24, 2.45) is 7.05 Å². The predicted molar refractivity (Wildman–Crippen MR) is 58.3 cm³/mol. The van der Waals surface area contributed by atoms with Gasteiger partial charge in [-0.2, -0.15) is 0 Å². The fraction of sp³-hybridized carbons (Fsp3) is 0.364. The van der Waals surface area contributed by atoms with E-state index >= 15 is 0 Å². The lowest BCUT2D eigenvalue weighted by molar-refractivity contribution is 0.488. The Balaban J connectivity index is 2.29. The second-order valence-corrected chi connectivity index (χ2v) is 3.40. The van der Waals surface area contributed by atoms with Gasteiger partial charge >= 0.3 is 0 Å². The highest BCUT2D eigenvalue weighted by Gasteiger charge is 2.11. The summed E-state index contributed by atoms with van der Waals surface area (Å²) in [5.41, 5.74) is 1.06. The minimum Gasteiger partial charge on any atom is -0.467 e. The summed E-state index contributed by atoms with van der Waals surface area (Å²) in [6.45, 7) is 3.75. The molecule has 2 aromatic rings. The largest absolute Gasteiger partial charge is 0.467 e. The van der Waals surface area contributed by atoms with Crippen LogP contribution < -0.4 is 5.32 Å². The Bertz CT molecular complexity index is 430. The van der Waals surface area contributed by atoms with E-state index in [0.717, 1.165) is 30.2 Å². The van der Waals surface area contributed by atoms with Crippen molar-refractivity contribution in [1.82, 2.24) is 14.9 Å². The van der Waals surface area contributed by atoms with Gasteiger partial charge in [0.1, 0.15) is 11.6 Å². The summed E-state index contributed by atoms with van der Waals surface area (Å²) in [5.74, 6) is 1.88. The SMILES string of the molecule is CCNCc1occc1-c1nccn1C. The van der Waals surface area contributed by atoms with Crippen molar-refractivity contribution in [2.75, 3.05) is 6.54 Å². The van der Waals surface area contributed by atoms with E-state index in [1.807, 2.05) is 23.9 Å². The average molecular weight is 205 g/mol. The fourth-order valence-electron chi connectivity index (χ4n) is 1.54. The zero-order chi connectivity index (χ0) is 10.7. The highest BCUT2D eigenvalue weighted by molar-refractivity contribution is 5.57. The van der Waals surface area contributed by atoms with Crippen LogP contribution in [0, 0.1) is 0 Å². The van der Waals surface area contributed by atoms with Crippen molar-refractivity contribution in [2.45, 2.75) is 13.5 Å². The molecule has 0 aromatic carbocycles. The molecule has 0 atom stereocenters. The molecule has 0 aliphatic heterocycles. The van der Waals surface area contributed by atoms with E-state index < -0.39 is 0 Å². The second-order valence-electron chi connectivity index (χ2n) is 3.40. The summed E-state index contributed by atoms with van der Waals surface area (Å²) in [6, 6.07) is 1.95. The van der Waals surface area contributed by atoms with Gasteiger partial charge in [-0.25, -0.2) is 4.98 Å². The van der Waals surface area contributed by atoms with E-state index in [4.69, 9.17) is 4.42 Å². The van der Waals surface area contributed by atoms with Crippen LogP contribution in [0.15, 0.2) is 29.1 Å². The highest BCUT2D eigenvalue weighted by Crippen LogP contribution is 2.22. The molecule has 0 saturated heterocycles. The number of aryl methyl sites for hydroxylation is 1. The first kappa shape index (κ1) is 9.98. The van der Waals surface area contributed by atoms with Crippen LogP contribution in [0.25, 0.3) is 11.4 Å². The van der Waals surface area contributed by atoms with Crippen LogP contribution in [0.3, 0.4) is 0 Å². The smallest absolute Gasteiger partial charge is 0.143 e. The molecule has 1 N–H and O–H groups in total. The Morgan fingerprint density at radius 2 is 2.40 bits per heavy atom. The van der Waals surface area contributed by atoms with Crippen molar-refractivity contribution in [3.05, 3.63) is 30.5 Å². The van der Waals surface area contributed by atoms with Crippen LogP contribution in [0.2, 0.25) is 0 Å². The molecule has 0 spiro atoms. The molecule has 0 amide bonds. The molecule has 0 unspecified atom stereocenters. The van der Waals surface area contributed by atoms with E-state index in [0.29, 0.717) is 0 Å². The lowest BCUT2D eigenvalue weighted by Gasteiger charge is -2.03. The standard InChI is InChI=1S/C11H15N3O/c1-3-12-8-10-9(4-7-15-10)11-13-5-6-14(11)2/h4-7,12H,3,8H2,1-2H3. The molecule has 0 aliphatic carbocycles. The zero-order valence-electron chi connectivity index (χ0n) is 9.03. The number of rotatable bonds is 4. The minimum absolute atomic E-state index is 0.742. The average Bonchev–Trinajstić information content (AvgIpc) is 2.82. The second kappa shape index (κ2) is 4.31. The maximum atomic E-state index is 5.43. The Morgan fingerprint density at radius 3 is 3.07 bits per heavy atom. The van der Waals surface area contributed by atoms with Crippen molar-refractivity contribution in [1.29, 1.82) is 0 Å². The van der Waals surface area contributed by atoms with Crippen molar-refractivity contribution < 1.29 is 4.42 Å². The number of hydrogen-bond acceptors (Lipinski definition) is 3. The highest BCUT2D eigenvalue weighted by atomic mass is 16.3. The topological polar surface area (TPSA) is 43.0 Å². The summed E-state index contributed by atoms with van der Waals surface area (Å²) >= 11 is 0. The van der Waals surface area contributed by atoms with Gasteiger partial charge in [0.2, 0.25) is 0 Å². The van der Waals surface area contributed by atoms with E-state index in [2.05, 4.69) is 17.2 Å². The van der Waals surface area contributed by atoms with Gasteiger partial charge in [-0.3, -0.25) is 0 Å². The molecule has 4 nitrogen and oxygen atoms in total. The molecule has 0 radical (unpaired) electrons. The maximum absolute atomic E-state index is 5.43. The quantitative estimate of drug-likeness (QED) is 0.827. The number of aromatic nitrogens is 2. The van der Waals surface area contributed by atoms with E-state index in [9.17, 15) is 0 Å². The Kier molecular flexibility index (Phi) is 2.87. The molecule has 2 heterocycles. The predicted octanol–water partition coefficient (Wildman–Crippen LogP) is 1.79. The summed E-state index contributed by atoms with van der Waals surface area (Å²) in [4.78, 5) is 4.30. The lowest BCUT2D eigenvalue weighted by Crippen LogP contribution is -2.12. The lowest BCUT2D eigenvalue weighted by atomic mass is 10.2. The van der Waals surface area contributed by atoms with Crippen LogP contribution in [0.5, 0.6) is 0 Å². The monoisotopic (exact) mass is 205 g/mol. The molecule has 0 bridgehead atoms. The number of furan rings is 1. The van der Waals surface area contributed by atoms with Gasteiger partial charge in [-0.05, 0) is 12.6 Å². The first-order valence-corrected chi connectivity index (χ1v) is 5.07. The van der Waals surface area contributed by atoms with Gasteiger partial charge in [0, 0.05) is 19.4 Å². The molecule has 2 rings (SSSR count). The Hall–Kier alpha value is -1.55. The maximum Gasteiger partial charge on any atom is 0.143 e. The first-order valence-electron chi connectivity index (χ1n) is 5.07. The van der Waals surface area contributed by atoms with Gasteiger partial charge in [-0.15, -0.1) is 0 Å². The van der Waals surface area contributed by atoms with Gasteiger partial charge in [0.05, 0.1) is 18.4 Å². The first-order chi connectivity index (χ1) is 7.33. The van der Waals surface area contributed by atoms with Crippen molar-refractivity contribution in [3.63, 3.8) is 0 Å². The third-order valence-electron chi connectivity index (χ3n) is 2.34. The third kappa shape index (κ3) is 1.94. The summed E-state index contributed by atoms with van der Waals surface area (Å²) in [7, 11) is 1.98. The Morgan fingerprint density at radius 1 is 1.53 bits per heavy atom. The minimum atomic E-state index is 0.742. The third-order valence-corrected chi connectivity index (χ3v) is 2.34. The molecule has 0 fully saturated rings. The van der Waals surface area contributed by atoms with Crippen molar-refractivity contribution in [3.8, 4) is 11.4 Å². The number of nitrogens with zero attached hydrogens (tertiary/aromatic N) is 2. The molecule has 15 heavy (non-hydrogen) atoms. The normalized spacial score (nSPS) is 10.8. The number of hydrogen-bond donors (Lipinski definition) is 1. The van der Waals surface area contributed by atoms with E-state index in [-0.39, 0.29) is 0 Å². The Labute approximate surface area is 88.9 Å². The van der Waals surface area contributed by atoms with Crippen LogP contribution in [-0.2, 0) is 13.6 Å². The van der Waals surface area contributed by atoms with Crippen LogP contribution in [0.4, 0.5) is 0 Å². The molecule has 80 valence electrons. The summed E-state index contributed by atoms with van der Waals surface area (Å²) in [6.07, 6.45) is 5.43. The molecule has 2 aromatic heterocycles. The van der Waals surface area contributed by atoms with Gasteiger partial charge in [-0.1, -0.05) is 6.92 Å². The zero-order valence-corrected chi connectivity index (χ0v) is 9.03. The van der Waals surface area contributed by atoms with Gasteiger partial charge in [0.25, 0.3) is 0 Å². The fourth-order valence-corrected chi connectivity index (χ4v) is 1.54. The summed E-state index contributed by atoms with van der Waals surface area (Å²) in [5, 5.41) is 3.24. The van der Waals surface area contributed by atoms with Gasteiger partial charge < -0.3 is 14.3 Å². The number of imidazole rings is 1. The molecule has 4 heteroatoms. The van der Waals surface area contributed by atoms with Crippen LogP contribution >= 0.6 is 0 Å². The molecule has 0 aliphatic rings. The van der Waals surface area contributed by atoms with Gasteiger partial charge in [0.15, 0.2) is 0 Å². The molecular formula is C11H15N3O.